The van der Waals surface area contributed by atoms with Gasteiger partial charge in [-0.1, -0.05) is 0 Å². The van der Waals surface area contributed by atoms with Crippen LogP contribution in [0.4, 0.5) is 0 Å². The van der Waals surface area contributed by atoms with Crippen LogP contribution >= 0.6 is 0 Å². The van der Waals surface area contributed by atoms with Gasteiger partial charge in [-0.3, -0.25) is 0 Å². The predicted molar refractivity (Wildman–Crippen MR) is 22.0 cm³/mol. The van der Waals surface area contributed by atoms with Crippen molar-refractivity contribution in [3.8, 4) is 0 Å². The van der Waals surface area contributed by atoms with E-state index >= 15 is 0 Å². The molecule has 0 unspecified atom stereocenters. The number of nitrogens with zero attached hydrogens (tertiary/aromatic N) is 1. The SMILES string of the molecule is B1=NCC[CH-]1.[Zr]. The molecular weight excluding hydrogens is 152 g/mol. The third kappa shape index (κ3) is 1.92. The first-order valence-corrected chi connectivity index (χ1v) is 1.82. The summed E-state index contributed by atoms with van der Waals surface area (Å²) >= 11 is 0. The summed E-state index contributed by atoms with van der Waals surface area (Å²) in [5, 5.41) is 0. The molecule has 3 heteroatoms. The molecule has 1 aliphatic heterocycles. The maximum Gasteiger partial charge on any atom is 0 e. The monoisotopic (exact) mass is 156 g/mol. The molecule has 1 aliphatic rings. The average molecular weight is 157 g/mol. The summed E-state index contributed by atoms with van der Waals surface area (Å²) in [7, 11) is 1.86. The molecule has 0 radical (unpaired) electrons. The second-order valence-corrected chi connectivity index (χ2v) is 1.08. The topological polar surface area (TPSA) is 12.4 Å². The normalized spacial score (nSPS) is 14.7. The number of rotatable bonds is 0. The van der Waals surface area contributed by atoms with Crippen molar-refractivity contribution in [2.45, 2.75) is 6.42 Å². The minimum atomic E-state index is 0. The van der Waals surface area contributed by atoms with E-state index in [4.69, 9.17) is 0 Å². The molecular formula is C3H5BNZr-. The first kappa shape index (κ1) is 6.62. The maximum atomic E-state index is 3.90. The summed E-state index contributed by atoms with van der Waals surface area (Å²) in [5.41, 5.74) is 0. The van der Waals surface area contributed by atoms with Crippen LogP contribution < -0.4 is 0 Å². The van der Waals surface area contributed by atoms with Gasteiger partial charge in [0.15, 0.2) is 0 Å². The van der Waals surface area contributed by atoms with Gasteiger partial charge >= 0.3 is 31.3 Å². The van der Waals surface area contributed by atoms with Crippen molar-refractivity contribution < 1.29 is 26.2 Å². The predicted octanol–water partition coefficient (Wildman–Crippen LogP) is 0.437. The van der Waals surface area contributed by atoms with E-state index in [-0.39, 0.29) is 26.2 Å². The Bertz CT molecular complexity index is 48.8. The fourth-order valence-corrected chi connectivity index (χ4v) is 0.373. The van der Waals surface area contributed by atoms with Crippen LogP contribution in [0.2, 0.25) is 0 Å². The Hall–Kier alpha value is 0.618. The zero-order valence-corrected chi connectivity index (χ0v) is 5.97. The van der Waals surface area contributed by atoms with E-state index in [1.807, 2.05) is 7.07 Å². The third-order valence-corrected chi connectivity index (χ3v) is 0.636. The Morgan fingerprint density at radius 3 is 2.67 bits per heavy atom. The molecule has 0 saturated heterocycles. The van der Waals surface area contributed by atoms with E-state index in [0.717, 1.165) is 13.0 Å². The van der Waals surface area contributed by atoms with Crippen molar-refractivity contribution in [1.82, 2.24) is 0 Å². The van der Waals surface area contributed by atoms with Gasteiger partial charge in [-0.15, -0.1) is 0 Å². The summed E-state index contributed by atoms with van der Waals surface area (Å²) in [6, 6.07) is 0. The first-order chi connectivity index (χ1) is 2.50. The molecule has 0 bridgehead atoms. The van der Waals surface area contributed by atoms with Gasteiger partial charge in [0.05, 0.1) is 0 Å². The molecule has 1 nitrogen and oxygen atoms in total. The summed E-state index contributed by atoms with van der Waals surface area (Å²) < 4.78 is 0. The largest absolute Gasteiger partial charge is 0 e. The van der Waals surface area contributed by atoms with Crippen LogP contribution in [0.15, 0.2) is 4.90 Å². The molecule has 0 fully saturated rings. The molecule has 0 saturated carbocycles. The molecule has 6 heavy (non-hydrogen) atoms. The van der Waals surface area contributed by atoms with Crippen LogP contribution in [0.1, 0.15) is 6.42 Å². The molecule has 0 atom stereocenters. The Balaban J connectivity index is 0.000000250. The molecule has 0 aromatic carbocycles. The molecule has 0 aliphatic carbocycles. The van der Waals surface area contributed by atoms with E-state index in [1.165, 1.54) is 0 Å². The summed E-state index contributed by atoms with van der Waals surface area (Å²) in [5.74, 6) is 0. The van der Waals surface area contributed by atoms with Crippen molar-refractivity contribution in [2.24, 2.45) is 4.90 Å². The standard InChI is InChI=1S/C3H5BN.Zr/c1-2-4-5-3-1;/h2H,1,3H2;/q-1;. The molecule has 0 amide bonds. The summed E-state index contributed by atoms with van der Waals surface area (Å²) in [4.78, 5) is 3.90. The number of hydrogen-bond acceptors (Lipinski definition) is 1. The first-order valence-electron chi connectivity index (χ1n) is 1.82. The Kier molecular flexibility index (Phi) is 4.19. The van der Waals surface area contributed by atoms with E-state index in [1.54, 1.807) is 0 Å². The van der Waals surface area contributed by atoms with Gasteiger partial charge in [-0.2, -0.15) is 0 Å². The van der Waals surface area contributed by atoms with Crippen molar-refractivity contribution in [2.75, 3.05) is 6.54 Å². The van der Waals surface area contributed by atoms with Gasteiger partial charge in [0.25, 0.3) is 0 Å². The van der Waals surface area contributed by atoms with E-state index in [0.29, 0.717) is 0 Å². The van der Waals surface area contributed by atoms with Crippen molar-refractivity contribution in [1.29, 1.82) is 0 Å². The van der Waals surface area contributed by atoms with Crippen LogP contribution in [0.5, 0.6) is 0 Å². The Labute approximate surface area is 57.6 Å². The van der Waals surface area contributed by atoms with Crippen LogP contribution in [0.25, 0.3) is 0 Å². The molecule has 1 rings (SSSR count). The summed E-state index contributed by atoms with van der Waals surface area (Å²) in [6.07, 6.45) is 3.22. The molecule has 0 aromatic rings. The van der Waals surface area contributed by atoms with E-state index < -0.39 is 0 Å². The quantitative estimate of drug-likeness (QED) is 0.357. The van der Waals surface area contributed by atoms with Crippen LogP contribution in [0.3, 0.4) is 0 Å². The molecule has 1 heterocycles. The van der Waals surface area contributed by atoms with Gasteiger partial charge < -0.3 is 0 Å². The fraction of sp³-hybridized carbons (Fsp3) is 0.667. The van der Waals surface area contributed by atoms with Gasteiger partial charge in [0.1, 0.15) is 0 Å². The minimum Gasteiger partial charge on any atom is 0 e. The molecule has 0 spiro atoms. The average Bonchev–Trinajstić information content (AvgIpc) is 1.76. The third-order valence-electron chi connectivity index (χ3n) is 0.636. The van der Waals surface area contributed by atoms with Crippen LogP contribution in [0, 0.1) is 6.32 Å². The molecule has 0 aromatic heterocycles. The van der Waals surface area contributed by atoms with Gasteiger partial charge in [0, 0.05) is 26.2 Å². The van der Waals surface area contributed by atoms with Crippen molar-refractivity contribution >= 4 is 7.07 Å². The smallest absolute Gasteiger partial charge is 0 e. The van der Waals surface area contributed by atoms with Gasteiger partial charge in [-0.05, 0) is 0 Å². The maximum absolute atomic E-state index is 3.90. The fourth-order valence-electron chi connectivity index (χ4n) is 0.373. The number of hydrogen-bond donors (Lipinski definition) is 0. The zero-order valence-electron chi connectivity index (χ0n) is 3.52. The van der Waals surface area contributed by atoms with Crippen LogP contribution in [-0.2, 0) is 26.2 Å². The van der Waals surface area contributed by atoms with Crippen molar-refractivity contribution in [3.05, 3.63) is 6.32 Å². The Morgan fingerprint density at radius 2 is 2.50 bits per heavy atom. The van der Waals surface area contributed by atoms with Gasteiger partial charge in [-0.25, -0.2) is 0 Å². The Morgan fingerprint density at radius 1 is 1.67 bits per heavy atom. The van der Waals surface area contributed by atoms with E-state index in [2.05, 4.69) is 11.2 Å². The van der Waals surface area contributed by atoms with E-state index in [9.17, 15) is 0 Å². The van der Waals surface area contributed by atoms with Gasteiger partial charge in [0.2, 0.25) is 0 Å². The molecule has 0 N–H and O–H groups in total. The van der Waals surface area contributed by atoms with Crippen molar-refractivity contribution in [3.63, 3.8) is 0 Å². The minimum absolute atomic E-state index is 0. The zero-order chi connectivity index (χ0) is 3.54. The second kappa shape index (κ2) is 3.80. The summed E-state index contributed by atoms with van der Waals surface area (Å²) in [6.45, 7) is 1.01. The van der Waals surface area contributed by atoms with Crippen LogP contribution in [-0.4, -0.2) is 13.6 Å². The second-order valence-electron chi connectivity index (χ2n) is 1.08. The molecule has 30 valence electrons.